The van der Waals surface area contributed by atoms with Gasteiger partial charge in [-0.25, -0.2) is 9.63 Å². The Hall–Kier alpha value is -1.67. The van der Waals surface area contributed by atoms with Gasteiger partial charge in [-0.05, 0) is 24.3 Å². The average molecular weight is 330 g/mol. The van der Waals surface area contributed by atoms with Crippen molar-refractivity contribution in [3.05, 3.63) is 35.9 Å². The third-order valence-corrected chi connectivity index (χ3v) is 3.14. The highest BCUT2D eigenvalue weighted by molar-refractivity contribution is 6.13. The number of benzene rings is 1. The van der Waals surface area contributed by atoms with E-state index in [1.54, 1.807) is 0 Å². The Morgan fingerprint density at radius 3 is 2.59 bits per heavy atom. The van der Waals surface area contributed by atoms with Crippen LogP contribution in [0.1, 0.15) is 18.9 Å². The zero-order valence-corrected chi connectivity index (χ0v) is 12.9. The van der Waals surface area contributed by atoms with E-state index in [2.05, 4.69) is 10.2 Å². The lowest BCUT2D eigenvalue weighted by Crippen LogP contribution is -2.47. The van der Waals surface area contributed by atoms with Gasteiger partial charge >= 0.3 is 5.97 Å². The molecule has 7 nitrogen and oxygen atoms in total. The topological polar surface area (TPSA) is 114 Å². The number of hydrogen-bond acceptors (Lipinski definition) is 6. The molecule has 1 rings (SSSR count). The van der Waals surface area contributed by atoms with E-state index in [-0.39, 0.29) is 13.0 Å². The second-order valence-corrected chi connectivity index (χ2v) is 5.01. The van der Waals surface area contributed by atoms with Crippen LogP contribution >= 0.6 is 11.8 Å². The average Bonchev–Trinajstić information content (AvgIpc) is 2.52. The van der Waals surface area contributed by atoms with Crippen LogP contribution in [-0.2, 0) is 20.9 Å². The van der Waals surface area contributed by atoms with Crippen molar-refractivity contribution in [1.82, 2.24) is 10.2 Å². The number of aliphatic hydroxyl groups is 1. The molecule has 0 aliphatic carbocycles. The Labute approximate surface area is 133 Å². The zero-order valence-electron chi connectivity index (χ0n) is 12.2. The lowest BCUT2D eigenvalue weighted by Gasteiger charge is -2.18. The molecule has 8 heteroatoms. The van der Waals surface area contributed by atoms with Crippen LogP contribution < -0.4 is 15.9 Å². The monoisotopic (exact) mass is 329 g/mol. The van der Waals surface area contributed by atoms with Crippen LogP contribution in [0.4, 0.5) is 0 Å². The molecule has 0 aliphatic rings. The minimum Gasteiger partial charge on any atom is -0.459 e. The number of halogens is 1. The first-order chi connectivity index (χ1) is 10.4. The minimum absolute atomic E-state index is 0.129. The minimum atomic E-state index is -1.16. The molecule has 122 valence electrons. The highest BCUT2D eigenvalue weighted by Crippen LogP contribution is 2.02. The van der Waals surface area contributed by atoms with E-state index >= 15 is 0 Å². The van der Waals surface area contributed by atoms with Crippen LogP contribution in [0.15, 0.2) is 30.3 Å². The number of carbonyl (C=O) groups is 2. The first kappa shape index (κ1) is 18.4. The number of rotatable bonds is 8. The molecule has 5 N–H and O–H groups in total. The van der Waals surface area contributed by atoms with Gasteiger partial charge in [0.2, 0.25) is 5.91 Å². The van der Waals surface area contributed by atoms with Crippen molar-refractivity contribution >= 4 is 23.7 Å². The lowest BCUT2D eigenvalue weighted by atomic mass is 10.2. The summed E-state index contributed by atoms with van der Waals surface area (Å²) in [5, 5.41) is 12.0. The van der Waals surface area contributed by atoms with Gasteiger partial charge in [-0.15, -0.1) is 0 Å². The van der Waals surface area contributed by atoms with E-state index in [0.717, 1.165) is 5.56 Å². The first-order valence-corrected chi connectivity index (χ1v) is 7.11. The Morgan fingerprint density at radius 1 is 1.36 bits per heavy atom. The summed E-state index contributed by atoms with van der Waals surface area (Å²) in [5.74, 6) is -1.09. The normalized spacial score (nSPS) is 14.7. The number of hydrogen-bond donors (Lipinski definition) is 4. The van der Waals surface area contributed by atoms with Gasteiger partial charge in [-0.1, -0.05) is 30.3 Å². The van der Waals surface area contributed by atoms with Gasteiger partial charge in [0.25, 0.3) is 0 Å². The number of amides is 1. The van der Waals surface area contributed by atoms with Crippen molar-refractivity contribution in [2.75, 3.05) is 0 Å². The van der Waals surface area contributed by atoms with Crippen LogP contribution in [-0.4, -0.2) is 35.3 Å². The predicted octanol–water partition coefficient (Wildman–Crippen LogP) is 0.0137. The molecule has 0 aliphatic heterocycles. The summed E-state index contributed by atoms with van der Waals surface area (Å²) in [6.45, 7) is 1.63. The fourth-order valence-electron chi connectivity index (χ4n) is 1.60. The summed E-state index contributed by atoms with van der Waals surface area (Å²) in [7, 11) is 0. The SMILES string of the molecule is CC(NC(=O)CC(O)[C@H](N)NCl)C(=O)OCc1ccccc1. The Bertz CT molecular complexity index is 486. The lowest BCUT2D eigenvalue weighted by molar-refractivity contribution is -0.148. The molecule has 2 unspecified atom stereocenters. The molecule has 0 heterocycles. The van der Waals surface area contributed by atoms with E-state index in [0.29, 0.717) is 0 Å². The number of esters is 1. The fraction of sp³-hybridized carbons (Fsp3) is 0.429. The number of carbonyl (C=O) groups excluding carboxylic acids is 2. The number of ether oxygens (including phenoxy) is 1. The third kappa shape index (κ3) is 6.40. The molecule has 22 heavy (non-hydrogen) atoms. The summed E-state index contributed by atoms with van der Waals surface area (Å²) in [6.07, 6.45) is -2.38. The molecule has 0 aromatic heterocycles. The number of nitrogens with one attached hydrogen (secondary N) is 2. The smallest absolute Gasteiger partial charge is 0.328 e. The van der Waals surface area contributed by atoms with Crippen molar-refractivity contribution in [1.29, 1.82) is 0 Å². The maximum atomic E-state index is 11.8. The van der Waals surface area contributed by atoms with Crippen molar-refractivity contribution in [3.63, 3.8) is 0 Å². The molecule has 1 aromatic carbocycles. The van der Waals surface area contributed by atoms with Crippen molar-refractivity contribution < 1.29 is 19.4 Å². The zero-order chi connectivity index (χ0) is 16.5. The van der Waals surface area contributed by atoms with Gasteiger partial charge in [0.05, 0.1) is 18.7 Å². The first-order valence-electron chi connectivity index (χ1n) is 6.73. The molecular weight excluding hydrogens is 310 g/mol. The predicted molar refractivity (Wildman–Crippen MR) is 81.4 cm³/mol. The van der Waals surface area contributed by atoms with Crippen LogP contribution in [0.2, 0.25) is 0 Å². The standard InChI is InChI=1S/C14H20ClN3O4/c1-9(17-12(20)7-11(19)13(16)18-15)14(21)22-8-10-5-3-2-4-6-10/h2-6,9,11,13,18-19H,7-8,16H2,1H3,(H,17,20)/t9?,11?,13-/m1/s1. The van der Waals surface area contributed by atoms with E-state index in [1.165, 1.54) is 6.92 Å². The highest BCUT2D eigenvalue weighted by atomic mass is 35.5. The molecule has 1 amide bonds. The molecule has 1 aromatic rings. The van der Waals surface area contributed by atoms with Gasteiger partial charge in [-0.3, -0.25) is 4.79 Å². The second kappa shape index (κ2) is 9.37. The maximum Gasteiger partial charge on any atom is 0.328 e. The molecule has 0 saturated heterocycles. The number of nitrogens with two attached hydrogens (primary N) is 1. The van der Waals surface area contributed by atoms with Crippen LogP contribution in [0.3, 0.4) is 0 Å². The van der Waals surface area contributed by atoms with Crippen LogP contribution in [0.5, 0.6) is 0 Å². The molecule has 3 atom stereocenters. The summed E-state index contributed by atoms with van der Waals surface area (Å²) < 4.78 is 5.09. The van der Waals surface area contributed by atoms with Crippen molar-refractivity contribution in [3.8, 4) is 0 Å². The molecule has 0 bridgehead atoms. The second-order valence-electron chi connectivity index (χ2n) is 4.79. The van der Waals surface area contributed by atoms with Gasteiger partial charge < -0.3 is 20.9 Å². The summed E-state index contributed by atoms with van der Waals surface area (Å²) in [6, 6.07) is 8.36. The molecule has 0 spiro atoms. The summed E-state index contributed by atoms with van der Waals surface area (Å²) in [4.78, 5) is 25.5. The van der Waals surface area contributed by atoms with E-state index in [4.69, 9.17) is 22.2 Å². The molecule has 0 radical (unpaired) electrons. The largest absolute Gasteiger partial charge is 0.459 e. The number of aliphatic hydroxyl groups excluding tert-OH is 1. The van der Waals surface area contributed by atoms with Crippen LogP contribution in [0.25, 0.3) is 0 Å². The molecule has 0 saturated carbocycles. The van der Waals surface area contributed by atoms with Crippen molar-refractivity contribution in [2.24, 2.45) is 5.73 Å². The van der Waals surface area contributed by atoms with Crippen LogP contribution in [0, 0.1) is 0 Å². The van der Waals surface area contributed by atoms with Gasteiger partial charge in [0.1, 0.15) is 12.6 Å². The van der Waals surface area contributed by atoms with Crippen molar-refractivity contribution in [2.45, 2.75) is 38.3 Å². The Morgan fingerprint density at radius 2 is 2.00 bits per heavy atom. The summed E-state index contributed by atoms with van der Waals surface area (Å²) in [5.41, 5.74) is 6.25. The molecular formula is C14H20ClN3O4. The van der Waals surface area contributed by atoms with Gasteiger partial charge in [0.15, 0.2) is 0 Å². The van der Waals surface area contributed by atoms with E-state index in [9.17, 15) is 14.7 Å². The highest BCUT2D eigenvalue weighted by Gasteiger charge is 2.21. The maximum absolute atomic E-state index is 11.8. The summed E-state index contributed by atoms with van der Waals surface area (Å²) >= 11 is 5.25. The quantitative estimate of drug-likeness (QED) is 0.303. The fourth-order valence-corrected chi connectivity index (χ4v) is 1.75. The molecule has 0 fully saturated rings. The van der Waals surface area contributed by atoms with E-state index in [1.807, 2.05) is 30.3 Å². The Balaban J connectivity index is 2.35. The Kier molecular flexibility index (Phi) is 7.83. The van der Waals surface area contributed by atoms with E-state index < -0.39 is 30.2 Å². The van der Waals surface area contributed by atoms with Gasteiger partial charge in [-0.2, -0.15) is 0 Å². The van der Waals surface area contributed by atoms with Gasteiger partial charge in [0, 0.05) is 0 Å². The third-order valence-electron chi connectivity index (χ3n) is 2.89.